The van der Waals surface area contributed by atoms with Crippen LogP contribution in [0.4, 0.5) is 5.13 Å². The van der Waals surface area contributed by atoms with Crippen LogP contribution in [0.5, 0.6) is 0 Å². The molecule has 22 heavy (non-hydrogen) atoms. The van der Waals surface area contributed by atoms with Gasteiger partial charge in [-0.15, -0.1) is 10.2 Å². The Kier molecular flexibility index (Phi) is 4.73. The molecule has 7 heteroatoms. The van der Waals surface area contributed by atoms with Gasteiger partial charge in [0.15, 0.2) is 0 Å². The van der Waals surface area contributed by atoms with E-state index in [2.05, 4.69) is 27.0 Å². The summed E-state index contributed by atoms with van der Waals surface area (Å²) in [6, 6.07) is 0. The Morgan fingerprint density at radius 1 is 1.45 bits per heavy atom. The van der Waals surface area contributed by atoms with Crippen molar-refractivity contribution in [3.8, 4) is 0 Å². The van der Waals surface area contributed by atoms with E-state index in [0.717, 1.165) is 54.7 Å². The zero-order valence-corrected chi connectivity index (χ0v) is 14.0. The molecule has 120 valence electrons. The van der Waals surface area contributed by atoms with Gasteiger partial charge in [0.2, 0.25) is 5.13 Å². The Bertz CT molecular complexity index is 611. The van der Waals surface area contributed by atoms with Crippen LogP contribution in [0, 0.1) is 5.92 Å². The lowest BCUT2D eigenvalue weighted by Crippen LogP contribution is -2.38. The third kappa shape index (κ3) is 3.15. The first-order valence-electron chi connectivity index (χ1n) is 7.91. The quantitative estimate of drug-likeness (QED) is 0.914. The number of aliphatic hydroxyl groups excluding tert-OH is 1. The molecule has 2 aromatic rings. The number of nitrogens with zero attached hydrogens (tertiary/aromatic N) is 5. The van der Waals surface area contributed by atoms with Crippen molar-refractivity contribution in [2.24, 2.45) is 13.0 Å². The fourth-order valence-corrected chi connectivity index (χ4v) is 3.98. The molecule has 1 fully saturated rings. The Labute approximate surface area is 134 Å². The first kappa shape index (κ1) is 15.4. The summed E-state index contributed by atoms with van der Waals surface area (Å²) in [4.78, 5) is 6.55. The molecule has 0 spiro atoms. The lowest BCUT2D eigenvalue weighted by atomic mass is 9.92. The summed E-state index contributed by atoms with van der Waals surface area (Å²) in [6.45, 7) is 3.96. The van der Waals surface area contributed by atoms with E-state index in [1.165, 1.54) is 0 Å². The van der Waals surface area contributed by atoms with E-state index in [0.29, 0.717) is 0 Å². The van der Waals surface area contributed by atoms with Crippen LogP contribution in [0.15, 0.2) is 12.4 Å². The predicted octanol–water partition coefficient (Wildman–Crippen LogP) is 2.17. The number of hydrogen-bond acceptors (Lipinski definition) is 6. The number of rotatable bonds is 5. The molecular weight excluding hydrogens is 298 g/mol. The predicted molar refractivity (Wildman–Crippen MR) is 87.0 cm³/mol. The molecular formula is C15H23N5OS. The number of aryl methyl sites for hydroxylation is 2. The maximum absolute atomic E-state index is 10.6. The highest BCUT2D eigenvalue weighted by atomic mass is 32.1. The molecule has 1 aliphatic heterocycles. The molecule has 0 saturated carbocycles. The van der Waals surface area contributed by atoms with E-state index < -0.39 is 6.10 Å². The summed E-state index contributed by atoms with van der Waals surface area (Å²) >= 11 is 1.68. The van der Waals surface area contributed by atoms with Crippen molar-refractivity contribution >= 4 is 16.5 Å². The van der Waals surface area contributed by atoms with Gasteiger partial charge in [-0.3, -0.25) is 0 Å². The fourth-order valence-electron chi connectivity index (χ4n) is 3.00. The van der Waals surface area contributed by atoms with E-state index in [1.807, 2.05) is 17.8 Å². The molecule has 0 amide bonds. The maximum atomic E-state index is 10.6. The summed E-state index contributed by atoms with van der Waals surface area (Å²) in [6.07, 6.45) is 7.26. The van der Waals surface area contributed by atoms with Crippen molar-refractivity contribution in [1.29, 1.82) is 0 Å². The molecule has 1 N–H and O–H groups in total. The van der Waals surface area contributed by atoms with Crippen LogP contribution in [0.1, 0.15) is 43.1 Å². The lowest BCUT2D eigenvalue weighted by Gasteiger charge is -2.34. The van der Waals surface area contributed by atoms with Gasteiger partial charge in [-0.25, -0.2) is 4.98 Å². The third-order valence-corrected chi connectivity index (χ3v) is 5.26. The zero-order valence-electron chi connectivity index (χ0n) is 13.1. The highest BCUT2D eigenvalue weighted by Gasteiger charge is 2.30. The first-order valence-corrected chi connectivity index (χ1v) is 8.73. The number of piperidine rings is 1. The normalized spacial score (nSPS) is 20.3. The highest BCUT2D eigenvalue weighted by Crippen LogP contribution is 2.32. The average Bonchev–Trinajstić information content (AvgIpc) is 3.16. The number of anilines is 1. The second-order valence-electron chi connectivity index (χ2n) is 5.92. The van der Waals surface area contributed by atoms with Crippen molar-refractivity contribution in [2.75, 3.05) is 18.0 Å². The molecule has 0 radical (unpaired) electrons. The van der Waals surface area contributed by atoms with Gasteiger partial charge in [-0.05, 0) is 19.3 Å². The monoisotopic (exact) mass is 321 g/mol. The van der Waals surface area contributed by atoms with Crippen LogP contribution in [-0.2, 0) is 13.5 Å². The van der Waals surface area contributed by atoms with Crippen LogP contribution in [0.25, 0.3) is 0 Å². The molecule has 2 atom stereocenters. The number of aromatic nitrogens is 4. The summed E-state index contributed by atoms with van der Waals surface area (Å²) in [5.74, 6) is 0.934. The van der Waals surface area contributed by atoms with Gasteiger partial charge >= 0.3 is 0 Å². The molecule has 2 unspecified atom stereocenters. The van der Waals surface area contributed by atoms with Gasteiger partial charge in [-0.2, -0.15) is 0 Å². The molecule has 0 aliphatic carbocycles. The maximum Gasteiger partial charge on any atom is 0.208 e. The van der Waals surface area contributed by atoms with Gasteiger partial charge in [0.05, 0.1) is 0 Å². The van der Waals surface area contributed by atoms with Crippen molar-refractivity contribution in [3.05, 3.63) is 23.2 Å². The standard InChI is InChI=1S/C15H23N5OS/c1-3-5-12-17-18-15(22-12)20-8-4-6-11(10-20)13(21)14-16-7-9-19(14)2/h7,9,11,13,21H,3-6,8,10H2,1-2H3. The molecule has 0 aromatic carbocycles. The number of aliphatic hydroxyl groups is 1. The molecule has 2 aromatic heterocycles. The van der Waals surface area contributed by atoms with E-state index in [4.69, 9.17) is 0 Å². The van der Waals surface area contributed by atoms with Crippen molar-refractivity contribution in [2.45, 2.75) is 38.7 Å². The fraction of sp³-hybridized carbons (Fsp3) is 0.667. The first-order chi connectivity index (χ1) is 10.7. The van der Waals surface area contributed by atoms with Crippen LogP contribution >= 0.6 is 11.3 Å². The molecule has 1 aliphatic rings. The largest absolute Gasteiger partial charge is 0.385 e. The third-order valence-electron chi connectivity index (χ3n) is 4.22. The van der Waals surface area contributed by atoms with Crippen LogP contribution in [0.3, 0.4) is 0 Å². The Morgan fingerprint density at radius 3 is 3.05 bits per heavy atom. The smallest absolute Gasteiger partial charge is 0.208 e. The van der Waals surface area contributed by atoms with Gasteiger partial charge < -0.3 is 14.6 Å². The minimum atomic E-state index is -0.522. The van der Waals surface area contributed by atoms with Crippen molar-refractivity contribution < 1.29 is 5.11 Å². The molecule has 1 saturated heterocycles. The van der Waals surface area contributed by atoms with Crippen LogP contribution in [0.2, 0.25) is 0 Å². The molecule has 0 bridgehead atoms. The Morgan fingerprint density at radius 2 is 2.32 bits per heavy atom. The number of imidazole rings is 1. The van der Waals surface area contributed by atoms with E-state index in [-0.39, 0.29) is 5.92 Å². The van der Waals surface area contributed by atoms with Gasteiger partial charge in [0.25, 0.3) is 0 Å². The lowest BCUT2D eigenvalue weighted by molar-refractivity contribution is 0.0875. The molecule has 6 nitrogen and oxygen atoms in total. The zero-order chi connectivity index (χ0) is 15.5. The van der Waals surface area contributed by atoms with Crippen LogP contribution < -0.4 is 4.90 Å². The van der Waals surface area contributed by atoms with Gasteiger partial charge in [0, 0.05) is 44.9 Å². The Balaban J connectivity index is 1.69. The van der Waals surface area contributed by atoms with Gasteiger partial charge in [0.1, 0.15) is 16.9 Å². The topological polar surface area (TPSA) is 67.1 Å². The van der Waals surface area contributed by atoms with Crippen molar-refractivity contribution in [3.63, 3.8) is 0 Å². The van der Waals surface area contributed by atoms with E-state index in [9.17, 15) is 5.11 Å². The van der Waals surface area contributed by atoms with Crippen molar-refractivity contribution in [1.82, 2.24) is 19.7 Å². The minimum absolute atomic E-state index is 0.188. The summed E-state index contributed by atoms with van der Waals surface area (Å²) in [5.41, 5.74) is 0. The average molecular weight is 321 g/mol. The summed E-state index contributed by atoms with van der Waals surface area (Å²) < 4.78 is 1.90. The van der Waals surface area contributed by atoms with Gasteiger partial charge in [-0.1, -0.05) is 18.3 Å². The van der Waals surface area contributed by atoms with E-state index in [1.54, 1.807) is 17.5 Å². The summed E-state index contributed by atoms with van der Waals surface area (Å²) in [5, 5.41) is 21.3. The second kappa shape index (κ2) is 6.75. The van der Waals surface area contributed by atoms with Crippen LogP contribution in [-0.4, -0.2) is 37.9 Å². The SMILES string of the molecule is CCCc1nnc(N2CCCC(C(O)c3nccn3C)C2)s1. The number of hydrogen-bond donors (Lipinski definition) is 1. The molecule has 3 rings (SSSR count). The minimum Gasteiger partial charge on any atom is -0.385 e. The highest BCUT2D eigenvalue weighted by molar-refractivity contribution is 7.15. The Hall–Kier alpha value is -1.47. The second-order valence-corrected chi connectivity index (χ2v) is 6.96. The molecule has 3 heterocycles. The summed E-state index contributed by atoms with van der Waals surface area (Å²) in [7, 11) is 1.92. The van der Waals surface area contributed by atoms with E-state index >= 15 is 0 Å².